The lowest BCUT2D eigenvalue weighted by molar-refractivity contribution is -0.135. The average molecular weight is 419 g/mol. The third kappa shape index (κ3) is 4.41. The van der Waals surface area contributed by atoms with Gasteiger partial charge in [0.2, 0.25) is 5.91 Å². The van der Waals surface area contributed by atoms with E-state index in [0.717, 1.165) is 55.2 Å². The van der Waals surface area contributed by atoms with Crippen molar-refractivity contribution < 1.29 is 14.4 Å². The van der Waals surface area contributed by atoms with E-state index in [4.69, 9.17) is 11.6 Å². The molecule has 7 nitrogen and oxygen atoms in total. The van der Waals surface area contributed by atoms with E-state index >= 15 is 0 Å². The molecule has 0 atom stereocenters. The molecule has 1 spiro atoms. The predicted octanol–water partition coefficient (Wildman–Crippen LogP) is 2.29. The van der Waals surface area contributed by atoms with Gasteiger partial charge in [0.25, 0.3) is 5.91 Å². The van der Waals surface area contributed by atoms with Crippen LogP contribution in [-0.2, 0) is 16.1 Å². The Morgan fingerprint density at radius 2 is 1.79 bits per heavy atom. The largest absolute Gasteiger partial charge is 0.352 e. The van der Waals surface area contributed by atoms with Gasteiger partial charge in [-0.25, -0.2) is 4.79 Å². The van der Waals surface area contributed by atoms with Crippen LogP contribution in [0.3, 0.4) is 0 Å². The first-order valence-electron chi connectivity index (χ1n) is 10.4. The van der Waals surface area contributed by atoms with Gasteiger partial charge in [0, 0.05) is 30.7 Å². The minimum Gasteiger partial charge on any atom is -0.352 e. The Kier molecular flexibility index (Phi) is 5.79. The fraction of sp³-hybridized carbons (Fsp3) is 0.571. The molecule has 2 saturated heterocycles. The summed E-state index contributed by atoms with van der Waals surface area (Å²) in [5, 5.41) is 6.55. The predicted molar refractivity (Wildman–Crippen MR) is 109 cm³/mol. The van der Waals surface area contributed by atoms with Crippen LogP contribution < -0.4 is 10.6 Å². The molecular weight excluding hydrogens is 392 g/mol. The van der Waals surface area contributed by atoms with Gasteiger partial charge in [0.15, 0.2) is 0 Å². The molecule has 1 saturated carbocycles. The molecule has 1 aromatic rings. The molecule has 1 aromatic carbocycles. The van der Waals surface area contributed by atoms with Gasteiger partial charge in [0.05, 0.1) is 0 Å². The number of likely N-dealkylation sites (tertiary alicyclic amines) is 1. The van der Waals surface area contributed by atoms with Crippen molar-refractivity contribution in [3.63, 3.8) is 0 Å². The van der Waals surface area contributed by atoms with Gasteiger partial charge in [-0.15, -0.1) is 0 Å². The van der Waals surface area contributed by atoms with Crippen molar-refractivity contribution in [1.82, 2.24) is 20.4 Å². The first-order chi connectivity index (χ1) is 13.9. The SMILES string of the molecule is O=C(CN1C(=O)NC2(CCCC2)C1=O)NC1CCN(Cc2ccc(Cl)cc2)CC1. The van der Waals surface area contributed by atoms with E-state index < -0.39 is 11.6 Å². The molecule has 2 heterocycles. The number of imide groups is 1. The van der Waals surface area contributed by atoms with Gasteiger partial charge in [-0.3, -0.25) is 19.4 Å². The maximum Gasteiger partial charge on any atom is 0.325 e. The lowest BCUT2D eigenvalue weighted by atomic mass is 9.98. The van der Waals surface area contributed by atoms with Gasteiger partial charge in [-0.05, 0) is 43.4 Å². The Labute approximate surface area is 175 Å². The summed E-state index contributed by atoms with van der Waals surface area (Å²) in [4.78, 5) is 40.8. The van der Waals surface area contributed by atoms with Crippen molar-refractivity contribution in [3.8, 4) is 0 Å². The molecule has 0 bridgehead atoms. The monoisotopic (exact) mass is 418 g/mol. The van der Waals surface area contributed by atoms with Gasteiger partial charge >= 0.3 is 6.03 Å². The number of nitrogens with one attached hydrogen (secondary N) is 2. The second-order valence-electron chi connectivity index (χ2n) is 8.36. The van der Waals surface area contributed by atoms with Crippen LogP contribution in [-0.4, -0.2) is 58.9 Å². The van der Waals surface area contributed by atoms with Crippen molar-refractivity contribution >= 4 is 29.4 Å². The molecular formula is C21H27ClN4O3. The molecule has 0 radical (unpaired) electrons. The Morgan fingerprint density at radius 3 is 2.45 bits per heavy atom. The molecule has 2 N–H and O–H groups in total. The number of nitrogens with zero attached hydrogens (tertiary/aromatic N) is 2. The van der Waals surface area contributed by atoms with E-state index in [0.29, 0.717) is 12.8 Å². The van der Waals surface area contributed by atoms with Crippen LogP contribution in [0.1, 0.15) is 44.1 Å². The number of rotatable bonds is 5. The lowest BCUT2D eigenvalue weighted by Crippen LogP contribution is -2.49. The van der Waals surface area contributed by atoms with Crippen LogP contribution in [0.4, 0.5) is 4.79 Å². The molecule has 4 amide bonds. The van der Waals surface area contributed by atoms with Crippen LogP contribution in [0.25, 0.3) is 0 Å². The number of hydrogen-bond donors (Lipinski definition) is 2. The third-order valence-electron chi connectivity index (χ3n) is 6.28. The molecule has 29 heavy (non-hydrogen) atoms. The Balaban J connectivity index is 1.23. The van der Waals surface area contributed by atoms with Gasteiger partial charge in [-0.1, -0.05) is 36.6 Å². The van der Waals surface area contributed by atoms with E-state index in [1.807, 2.05) is 24.3 Å². The second kappa shape index (κ2) is 8.32. The van der Waals surface area contributed by atoms with Crippen molar-refractivity contribution in [2.45, 2.75) is 56.7 Å². The lowest BCUT2D eigenvalue weighted by Gasteiger charge is -2.32. The maximum atomic E-state index is 12.7. The highest BCUT2D eigenvalue weighted by atomic mass is 35.5. The normalized spacial score (nSPS) is 22.3. The first-order valence-corrected chi connectivity index (χ1v) is 10.7. The molecule has 0 aromatic heterocycles. The summed E-state index contributed by atoms with van der Waals surface area (Å²) in [5.41, 5.74) is 0.459. The molecule has 4 rings (SSSR count). The number of benzene rings is 1. The number of halogens is 1. The van der Waals surface area contributed by atoms with Crippen LogP contribution >= 0.6 is 11.6 Å². The molecule has 3 fully saturated rings. The number of urea groups is 1. The fourth-order valence-electron chi connectivity index (χ4n) is 4.64. The number of piperidine rings is 1. The quantitative estimate of drug-likeness (QED) is 0.719. The smallest absolute Gasteiger partial charge is 0.325 e. The molecule has 156 valence electrons. The molecule has 1 aliphatic carbocycles. The Morgan fingerprint density at radius 1 is 1.14 bits per heavy atom. The van der Waals surface area contributed by atoms with Crippen molar-refractivity contribution in [1.29, 1.82) is 0 Å². The van der Waals surface area contributed by atoms with Crippen molar-refractivity contribution in [3.05, 3.63) is 34.9 Å². The van der Waals surface area contributed by atoms with Gasteiger partial charge in [-0.2, -0.15) is 0 Å². The molecule has 8 heteroatoms. The third-order valence-corrected chi connectivity index (χ3v) is 6.53. The van der Waals surface area contributed by atoms with E-state index in [9.17, 15) is 14.4 Å². The summed E-state index contributed by atoms with van der Waals surface area (Å²) in [7, 11) is 0. The topological polar surface area (TPSA) is 81.8 Å². The van der Waals surface area contributed by atoms with Gasteiger partial charge < -0.3 is 10.6 Å². The van der Waals surface area contributed by atoms with Gasteiger partial charge in [0.1, 0.15) is 12.1 Å². The second-order valence-corrected chi connectivity index (χ2v) is 8.79. The number of amides is 4. The van der Waals surface area contributed by atoms with E-state index in [1.165, 1.54) is 5.56 Å². The Bertz CT molecular complexity index is 784. The van der Waals surface area contributed by atoms with Crippen LogP contribution in [0.2, 0.25) is 5.02 Å². The summed E-state index contributed by atoms with van der Waals surface area (Å²) in [6.07, 6.45) is 4.90. The van der Waals surface area contributed by atoms with E-state index in [2.05, 4.69) is 15.5 Å². The summed E-state index contributed by atoms with van der Waals surface area (Å²) in [6, 6.07) is 7.50. The van der Waals surface area contributed by atoms with Crippen LogP contribution in [0.15, 0.2) is 24.3 Å². The van der Waals surface area contributed by atoms with Crippen LogP contribution in [0.5, 0.6) is 0 Å². The highest BCUT2D eigenvalue weighted by Crippen LogP contribution is 2.34. The fourth-order valence-corrected chi connectivity index (χ4v) is 4.76. The van der Waals surface area contributed by atoms with Crippen LogP contribution in [0, 0.1) is 0 Å². The zero-order valence-electron chi connectivity index (χ0n) is 16.5. The minimum absolute atomic E-state index is 0.0742. The van der Waals surface area contributed by atoms with Crippen molar-refractivity contribution in [2.24, 2.45) is 0 Å². The standard InChI is InChI=1S/C21H27ClN4O3/c22-16-5-3-15(4-6-16)13-25-11-7-17(8-12-25)23-18(27)14-26-19(28)21(24-20(26)29)9-1-2-10-21/h3-6,17H,1-2,7-14H2,(H,23,27)(H,24,29). The number of hydrogen-bond acceptors (Lipinski definition) is 4. The number of carbonyl (C=O) groups is 3. The summed E-state index contributed by atoms with van der Waals surface area (Å²) < 4.78 is 0. The molecule has 0 unspecified atom stereocenters. The van der Waals surface area contributed by atoms with E-state index in [1.54, 1.807) is 0 Å². The summed E-state index contributed by atoms with van der Waals surface area (Å²) in [5.74, 6) is -0.507. The zero-order chi connectivity index (χ0) is 20.4. The number of carbonyl (C=O) groups excluding carboxylic acids is 3. The van der Waals surface area contributed by atoms with E-state index in [-0.39, 0.29) is 24.4 Å². The minimum atomic E-state index is -0.760. The summed E-state index contributed by atoms with van der Waals surface area (Å²) >= 11 is 5.93. The highest BCUT2D eigenvalue weighted by Gasteiger charge is 2.52. The zero-order valence-corrected chi connectivity index (χ0v) is 17.2. The highest BCUT2D eigenvalue weighted by molar-refractivity contribution is 6.30. The van der Waals surface area contributed by atoms with Crippen molar-refractivity contribution in [2.75, 3.05) is 19.6 Å². The molecule has 2 aliphatic heterocycles. The summed E-state index contributed by atoms with van der Waals surface area (Å²) in [6.45, 7) is 2.44. The first kappa shape index (κ1) is 20.2. The molecule has 3 aliphatic rings. The average Bonchev–Trinajstić information content (AvgIpc) is 3.26. The Hall–Kier alpha value is -2.12. The maximum absolute atomic E-state index is 12.7.